The topological polar surface area (TPSA) is 84.6 Å². The molecule has 1 unspecified atom stereocenters. The molecule has 0 heterocycles. The van der Waals surface area contributed by atoms with Gasteiger partial charge in [0.15, 0.2) is 0 Å². The number of ether oxygens (including phenoxy) is 1. The number of nitrogens with one attached hydrogen (secondary N) is 1. The van der Waals surface area contributed by atoms with Gasteiger partial charge in [0.25, 0.3) is 0 Å². The number of hydrogen-bond acceptors (Lipinski definition) is 4. The first-order chi connectivity index (χ1) is 9.23. The summed E-state index contributed by atoms with van der Waals surface area (Å²) >= 11 is 0. The minimum Gasteiger partial charge on any atom is -0.444 e. The molecule has 0 fully saturated rings. The van der Waals surface area contributed by atoms with Gasteiger partial charge in [0, 0.05) is 23.9 Å². The zero-order valence-corrected chi connectivity index (χ0v) is 11.9. The Morgan fingerprint density at radius 3 is 2.65 bits per heavy atom. The molecular formula is C14H21FN2O3. The second-order valence-electron chi connectivity index (χ2n) is 5.48. The van der Waals surface area contributed by atoms with Gasteiger partial charge in [-0.15, -0.1) is 0 Å². The molecule has 0 bridgehead atoms. The van der Waals surface area contributed by atoms with E-state index >= 15 is 0 Å². The molecule has 1 rings (SSSR count). The molecular weight excluding hydrogens is 263 g/mol. The molecule has 1 amide bonds. The normalized spacial score (nSPS) is 12.9. The van der Waals surface area contributed by atoms with Gasteiger partial charge in [-0.05, 0) is 39.3 Å². The zero-order chi connectivity index (χ0) is 15.3. The molecule has 5 nitrogen and oxygen atoms in total. The molecule has 4 N–H and O–H groups in total. The molecule has 0 spiro atoms. The predicted molar refractivity (Wildman–Crippen MR) is 74.9 cm³/mol. The third-order valence-electron chi connectivity index (χ3n) is 2.49. The first kappa shape index (κ1) is 16.4. The maximum Gasteiger partial charge on any atom is 0.412 e. The fourth-order valence-corrected chi connectivity index (χ4v) is 1.62. The molecule has 1 atom stereocenters. The van der Waals surface area contributed by atoms with Gasteiger partial charge in [-0.3, -0.25) is 5.32 Å². The highest BCUT2D eigenvalue weighted by molar-refractivity contribution is 5.84. The molecule has 0 aromatic heterocycles. The Morgan fingerprint density at radius 2 is 2.15 bits per heavy atom. The van der Waals surface area contributed by atoms with Crippen LogP contribution in [0.1, 0.15) is 38.8 Å². The van der Waals surface area contributed by atoms with Crippen molar-refractivity contribution in [1.29, 1.82) is 0 Å². The number of nitrogens with two attached hydrogens (primary N) is 1. The Kier molecular flexibility index (Phi) is 5.47. The largest absolute Gasteiger partial charge is 0.444 e. The van der Waals surface area contributed by atoms with E-state index < -0.39 is 23.6 Å². The van der Waals surface area contributed by atoms with Crippen molar-refractivity contribution in [2.24, 2.45) is 5.73 Å². The van der Waals surface area contributed by atoms with E-state index in [1.807, 2.05) is 0 Å². The molecule has 0 saturated heterocycles. The van der Waals surface area contributed by atoms with Gasteiger partial charge in [0.05, 0.1) is 0 Å². The Morgan fingerprint density at radius 1 is 1.50 bits per heavy atom. The summed E-state index contributed by atoms with van der Waals surface area (Å²) in [5.74, 6) is -0.528. The highest BCUT2D eigenvalue weighted by atomic mass is 19.1. The molecule has 1 aromatic rings. The third kappa shape index (κ3) is 5.14. The summed E-state index contributed by atoms with van der Waals surface area (Å²) in [4.78, 5) is 11.5. The summed E-state index contributed by atoms with van der Waals surface area (Å²) in [6, 6.07) is 3.63. The van der Waals surface area contributed by atoms with Gasteiger partial charge in [0.1, 0.15) is 11.4 Å². The van der Waals surface area contributed by atoms with Crippen LogP contribution in [-0.4, -0.2) is 23.4 Å². The van der Waals surface area contributed by atoms with E-state index in [0.29, 0.717) is 5.56 Å². The third-order valence-corrected chi connectivity index (χ3v) is 2.49. The fraction of sp³-hybridized carbons (Fsp3) is 0.500. The van der Waals surface area contributed by atoms with E-state index in [9.17, 15) is 9.18 Å². The molecule has 0 aliphatic rings. The Hall–Kier alpha value is -1.66. The summed E-state index contributed by atoms with van der Waals surface area (Å²) in [5, 5.41) is 11.2. The maximum absolute atomic E-state index is 13.9. The van der Waals surface area contributed by atoms with E-state index in [1.165, 1.54) is 12.1 Å². The van der Waals surface area contributed by atoms with Crippen LogP contribution in [0.5, 0.6) is 0 Å². The van der Waals surface area contributed by atoms with Crippen LogP contribution in [-0.2, 0) is 4.74 Å². The van der Waals surface area contributed by atoms with Crippen LogP contribution in [0.25, 0.3) is 0 Å². The molecule has 0 aliphatic heterocycles. The SMILES string of the molecule is CC(C)(C)OC(=O)Nc1ccc(C(N)CCO)c(F)c1. The highest BCUT2D eigenvalue weighted by Crippen LogP contribution is 2.21. The second-order valence-corrected chi connectivity index (χ2v) is 5.48. The number of aliphatic hydroxyl groups excluding tert-OH is 1. The number of hydrogen-bond donors (Lipinski definition) is 3. The van der Waals surface area contributed by atoms with Crippen LogP contribution in [0.15, 0.2) is 18.2 Å². The van der Waals surface area contributed by atoms with Crippen molar-refractivity contribution in [2.75, 3.05) is 11.9 Å². The lowest BCUT2D eigenvalue weighted by atomic mass is 10.0. The standard InChI is InChI=1S/C14H21FN2O3/c1-14(2,3)20-13(19)17-9-4-5-10(11(15)8-9)12(16)6-7-18/h4-5,8,12,18H,6-7,16H2,1-3H3,(H,17,19). The van der Waals surface area contributed by atoms with E-state index in [1.54, 1.807) is 26.8 Å². The van der Waals surface area contributed by atoms with Crippen molar-refractivity contribution >= 4 is 11.8 Å². The van der Waals surface area contributed by atoms with Gasteiger partial charge >= 0.3 is 6.09 Å². The Labute approximate surface area is 117 Å². The molecule has 112 valence electrons. The van der Waals surface area contributed by atoms with Crippen LogP contribution in [0.4, 0.5) is 14.9 Å². The number of anilines is 1. The van der Waals surface area contributed by atoms with E-state index in [-0.39, 0.29) is 18.7 Å². The second kappa shape index (κ2) is 6.67. The average Bonchev–Trinajstić information content (AvgIpc) is 2.26. The first-order valence-corrected chi connectivity index (χ1v) is 6.39. The van der Waals surface area contributed by atoms with Gasteiger partial charge in [0.2, 0.25) is 0 Å². The monoisotopic (exact) mass is 284 g/mol. The van der Waals surface area contributed by atoms with Crippen molar-refractivity contribution in [1.82, 2.24) is 0 Å². The first-order valence-electron chi connectivity index (χ1n) is 6.39. The molecule has 1 aromatic carbocycles. The van der Waals surface area contributed by atoms with Crippen LogP contribution in [0, 0.1) is 5.82 Å². The van der Waals surface area contributed by atoms with E-state index in [2.05, 4.69) is 5.32 Å². The number of benzene rings is 1. The number of carbonyl (C=O) groups excluding carboxylic acids is 1. The number of amides is 1. The van der Waals surface area contributed by atoms with Gasteiger partial charge in [-0.1, -0.05) is 6.07 Å². The summed E-state index contributed by atoms with van der Waals surface area (Å²) in [6.45, 7) is 5.11. The molecule has 20 heavy (non-hydrogen) atoms. The summed E-state index contributed by atoms with van der Waals surface area (Å²) < 4.78 is 18.9. The van der Waals surface area contributed by atoms with Crippen molar-refractivity contribution < 1.29 is 19.0 Å². The lowest BCUT2D eigenvalue weighted by Crippen LogP contribution is -2.27. The predicted octanol–water partition coefficient (Wildman–Crippen LogP) is 2.55. The highest BCUT2D eigenvalue weighted by Gasteiger charge is 2.17. The van der Waals surface area contributed by atoms with E-state index in [0.717, 1.165) is 0 Å². The van der Waals surface area contributed by atoms with Crippen molar-refractivity contribution in [3.05, 3.63) is 29.6 Å². The van der Waals surface area contributed by atoms with Crippen molar-refractivity contribution in [2.45, 2.75) is 38.8 Å². The van der Waals surface area contributed by atoms with Gasteiger partial charge in [-0.25, -0.2) is 9.18 Å². The minimum absolute atomic E-state index is 0.113. The van der Waals surface area contributed by atoms with Crippen LogP contribution >= 0.6 is 0 Å². The number of carbonyl (C=O) groups is 1. The molecule has 0 radical (unpaired) electrons. The van der Waals surface area contributed by atoms with Gasteiger partial charge < -0.3 is 15.6 Å². The molecule has 0 aliphatic carbocycles. The minimum atomic E-state index is -0.649. The van der Waals surface area contributed by atoms with Crippen LogP contribution < -0.4 is 11.1 Å². The molecule has 6 heteroatoms. The van der Waals surface area contributed by atoms with Crippen molar-refractivity contribution in [3.8, 4) is 0 Å². The summed E-state index contributed by atoms with van der Waals surface area (Å²) in [6.07, 6.45) is -0.375. The van der Waals surface area contributed by atoms with Gasteiger partial charge in [-0.2, -0.15) is 0 Å². The molecule has 0 saturated carbocycles. The Bertz CT molecular complexity index is 472. The number of rotatable bonds is 4. The smallest absolute Gasteiger partial charge is 0.412 e. The van der Waals surface area contributed by atoms with Crippen LogP contribution in [0.3, 0.4) is 0 Å². The number of halogens is 1. The lowest BCUT2D eigenvalue weighted by Gasteiger charge is -2.20. The lowest BCUT2D eigenvalue weighted by molar-refractivity contribution is 0.0636. The fourth-order valence-electron chi connectivity index (χ4n) is 1.62. The van der Waals surface area contributed by atoms with Crippen LogP contribution in [0.2, 0.25) is 0 Å². The van der Waals surface area contributed by atoms with E-state index in [4.69, 9.17) is 15.6 Å². The zero-order valence-electron chi connectivity index (χ0n) is 11.9. The average molecular weight is 284 g/mol. The summed E-state index contributed by atoms with van der Waals surface area (Å²) in [7, 11) is 0. The summed E-state index contributed by atoms with van der Waals surface area (Å²) in [5.41, 5.74) is 5.70. The Balaban J connectivity index is 2.75. The van der Waals surface area contributed by atoms with Crippen molar-refractivity contribution in [3.63, 3.8) is 0 Å². The number of aliphatic hydroxyl groups is 1. The quantitative estimate of drug-likeness (QED) is 0.793. The maximum atomic E-state index is 13.9.